The molecular weight excluding hydrogens is 398 g/mol. The lowest BCUT2D eigenvalue weighted by atomic mass is 9.87. The molecule has 9 heteroatoms. The number of carbonyl (C=O) groups is 1. The van der Waals surface area contributed by atoms with Crippen LogP contribution in [0, 0.1) is 5.21 Å². The average molecular weight is 418 g/mol. The highest BCUT2D eigenvalue weighted by molar-refractivity contribution is 7.22. The number of nitrogens with one attached hydrogen (secondary N) is 1. The SMILES string of the molecule is CC(C(=O)Nc1nc2ccccc2s1)N1CCC(F)(F)[C@@H](c2cc[n+]([O-])cc2)C1. The standard InChI is InChI=1S/C20H20F2N4O2S/c1-13(18(27)24-19-23-16-4-2-3-5-17(16)29-19)25-11-8-20(21,22)15(12-25)14-6-9-26(28)10-7-14/h2-7,9-10,13,15H,8,11-12H2,1H3,(H,23,24,27)/t13?,15-/m1/s1. The third-order valence-corrected chi connectivity index (χ3v) is 6.29. The van der Waals surface area contributed by atoms with E-state index in [4.69, 9.17) is 0 Å². The van der Waals surface area contributed by atoms with E-state index in [1.54, 1.807) is 11.8 Å². The monoisotopic (exact) mass is 418 g/mol. The van der Waals surface area contributed by atoms with Crippen molar-refractivity contribution in [1.29, 1.82) is 0 Å². The second kappa shape index (κ2) is 7.64. The van der Waals surface area contributed by atoms with E-state index < -0.39 is 17.9 Å². The van der Waals surface area contributed by atoms with Crippen molar-refractivity contribution in [2.45, 2.75) is 31.2 Å². The molecular formula is C20H20F2N4O2S. The second-order valence-electron chi connectivity index (χ2n) is 7.20. The van der Waals surface area contributed by atoms with Gasteiger partial charge in [-0.15, -0.1) is 0 Å². The summed E-state index contributed by atoms with van der Waals surface area (Å²) in [6, 6.07) is 9.82. The number of likely N-dealkylation sites (tertiary alicyclic amines) is 1. The predicted molar refractivity (Wildman–Crippen MR) is 107 cm³/mol. The summed E-state index contributed by atoms with van der Waals surface area (Å²) in [7, 11) is 0. The van der Waals surface area contributed by atoms with Crippen LogP contribution in [-0.2, 0) is 4.79 Å². The molecule has 1 fully saturated rings. The normalized spacial score (nSPS) is 20.4. The van der Waals surface area contributed by atoms with Crippen molar-refractivity contribution in [3.63, 3.8) is 0 Å². The first-order valence-electron chi connectivity index (χ1n) is 9.30. The van der Waals surface area contributed by atoms with Gasteiger partial charge in [0.1, 0.15) is 0 Å². The van der Waals surface area contributed by atoms with Crippen molar-refractivity contribution in [2.75, 3.05) is 18.4 Å². The molecule has 0 saturated carbocycles. The average Bonchev–Trinajstić information content (AvgIpc) is 3.10. The fourth-order valence-corrected chi connectivity index (χ4v) is 4.45. The number of aromatic nitrogens is 2. The van der Waals surface area contributed by atoms with Gasteiger partial charge in [-0.3, -0.25) is 9.69 Å². The van der Waals surface area contributed by atoms with Crippen LogP contribution in [0.5, 0.6) is 0 Å². The number of hydrogen-bond acceptors (Lipinski definition) is 5. The maximum Gasteiger partial charge on any atom is 0.257 e. The number of thiazole rings is 1. The second-order valence-corrected chi connectivity index (χ2v) is 8.23. The van der Waals surface area contributed by atoms with Crippen LogP contribution in [0.4, 0.5) is 13.9 Å². The van der Waals surface area contributed by atoms with Crippen molar-refractivity contribution >= 4 is 32.6 Å². The lowest BCUT2D eigenvalue weighted by molar-refractivity contribution is -0.605. The molecule has 3 aromatic rings. The number of hydrogen-bond donors (Lipinski definition) is 1. The van der Waals surface area contributed by atoms with Crippen LogP contribution in [0.25, 0.3) is 10.2 Å². The summed E-state index contributed by atoms with van der Waals surface area (Å²) in [6.45, 7) is 1.86. The highest BCUT2D eigenvalue weighted by Gasteiger charge is 2.46. The lowest BCUT2D eigenvalue weighted by Crippen LogP contribution is -2.52. The minimum Gasteiger partial charge on any atom is -0.619 e. The molecule has 0 bridgehead atoms. The van der Waals surface area contributed by atoms with Crippen LogP contribution in [0.2, 0.25) is 0 Å². The fourth-order valence-electron chi connectivity index (χ4n) is 3.59. The summed E-state index contributed by atoms with van der Waals surface area (Å²) in [6.07, 6.45) is 2.09. The van der Waals surface area contributed by atoms with Crippen LogP contribution in [0.1, 0.15) is 24.8 Å². The Kier molecular flexibility index (Phi) is 5.18. The summed E-state index contributed by atoms with van der Waals surface area (Å²) in [5.41, 5.74) is 1.20. The number of benzene rings is 1. The zero-order valence-corrected chi connectivity index (χ0v) is 16.5. The molecule has 3 heterocycles. The number of pyridine rings is 1. The van der Waals surface area contributed by atoms with E-state index in [9.17, 15) is 18.8 Å². The van der Waals surface area contributed by atoms with Crippen LogP contribution >= 0.6 is 11.3 Å². The third kappa shape index (κ3) is 4.06. The molecule has 0 spiro atoms. The Morgan fingerprint density at radius 2 is 2.07 bits per heavy atom. The molecule has 1 amide bonds. The molecule has 1 aliphatic heterocycles. The Labute approximate surface area is 170 Å². The maximum absolute atomic E-state index is 14.5. The summed E-state index contributed by atoms with van der Waals surface area (Å²) in [5, 5.41) is 14.5. The highest BCUT2D eigenvalue weighted by Crippen LogP contribution is 2.40. The number of nitrogens with zero attached hydrogens (tertiary/aromatic N) is 3. The molecule has 0 aliphatic carbocycles. The number of fused-ring (bicyclic) bond motifs is 1. The van der Waals surface area contributed by atoms with Gasteiger partial charge in [0.05, 0.1) is 22.2 Å². The van der Waals surface area contributed by atoms with Crippen molar-refractivity contribution in [2.24, 2.45) is 0 Å². The zero-order valence-electron chi connectivity index (χ0n) is 15.7. The van der Waals surface area contributed by atoms with Gasteiger partial charge in [-0.25, -0.2) is 13.8 Å². The Balaban J connectivity index is 1.48. The predicted octanol–water partition coefficient (Wildman–Crippen LogP) is 3.38. The van der Waals surface area contributed by atoms with Gasteiger partial charge in [0.2, 0.25) is 5.91 Å². The number of alkyl halides is 2. The van der Waals surface area contributed by atoms with E-state index in [1.807, 2.05) is 24.3 Å². The molecule has 2 aromatic heterocycles. The molecule has 1 N–H and O–H groups in total. The van der Waals surface area contributed by atoms with E-state index in [-0.39, 0.29) is 25.4 Å². The van der Waals surface area contributed by atoms with Gasteiger partial charge in [-0.1, -0.05) is 23.5 Å². The molecule has 4 rings (SSSR count). The molecule has 0 radical (unpaired) electrons. The van der Waals surface area contributed by atoms with Gasteiger partial charge in [0.25, 0.3) is 5.92 Å². The first kappa shape index (κ1) is 19.7. The molecule has 1 aromatic carbocycles. The molecule has 2 atom stereocenters. The Morgan fingerprint density at radius 3 is 2.79 bits per heavy atom. The first-order chi connectivity index (χ1) is 13.8. The minimum atomic E-state index is -2.89. The Morgan fingerprint density at radius 1 is 1.34 bits per heavy atom. The molecule has 1 unspecified atom stereocenters. The number of para-hydroxylation sites is 1. The van der Waals surface area contributed by atoms with Gasteiger partial charge in [0, 0.05) is 31.6 Å². The number of amides is 1. The summed E-state index contributed by atoms with van der Waals surface area (Å²) < 4.78 is 30.6. The number of anilines is 1. The number of carbonyl (C=O) groups excluding carboxylic acids is 1. The number of piperidine rings is 1. The topological polar surface area (TPSA) is 72.2 Å². The van der Waals surface area contributed by atoms with Gasteiger partial charge >= 0.3 is 0 Å². The molecule has 6 nitrogen and oxygen atoms in total. The summed E-state index contributed by atoms with van der Waals surface area (Å²) >= 11 is 1.37. The van der Waals surface area contributed by atoms with Crippen LogP contribution in [0.15, 0.2) is 48.8 Å². The molecule has 152 valence electrons. The zero-order chi connectivity index (χ0) is 20.6. The smallest absolute Gasteiger partial charge is 0.257 e. The Bertz CT molecular complexity index is 992. The van der Waals surface area contributed by atoms with Crippen molar-refractivity contribution in [3.05, 3.63) is 59.6 Å². The Hall–Kier alpha value is -2.65. The quantitative estimate of drug-likeness (QED) is 0.521. The summed E-state index contributed by atoms with van der Waals surface area (Å²) in [5.74, 6) is -4.25. The van der Waals surface area contributed by atoms with Crippen LogP contribution in [0.3, 0.4) is 0 Å². The van der Waals surface area contributed by atoms with E-state index in [1.165, 1.54) is 35.9 Å². The molecule has 1 aliphatic rings. The maximum atomic E-state index is 14.5. The van der Waals surface area contributed by atoms with Gasteiger partial charge in [-0.05, 0) is 24.6 Å². The molecule has 29 heavy (non-hydrogen) atoms. The van der Waals surface area contributed by atoms with E-state index in [0.29, 0.717) is 15.4 Å². The molecule has 1 saturated heterocycles. The summed E-state index contributed by atoms with van der Waals surface area (Å²) in [4.78, 5) is 18.9. The third-order valence-electron chi connectivity index (χ3n) is 5.34. The highest BCUT2D eigenvalue weighted by atomic mass is 32.1. The van der Waals surface area contributed by atoms with Crippen molar-refractivity contribution in [1.82, 2.24) is 9.88 Å². The van der Waals surface area contributed by atoms with Crippen molar-refractivity contribution in [3.8, 4) is 0 Å². The van der Waals surface area contributed by atoms with Gasteiger partial charge in [0.15, 0.2) is 17.5 Å². The van der Waals surface area contributed by atoms with Crippen molar-refractivity contribution < 1.29 is 18.3 Å². The number of halogens is 2. The van der Waals surface area contributed by atoms with Crippen LogP contribution in [-0.4, -0.2) is 40.8 Å². The van der Waals surface area contributed by atoms with Gasteiger partial charge < -0.3 is 10.5 Å². The first-order valence-corrected chi connectivity index (χ1v) is 10.1. The van der Waals surface area contributed by atoms with E-state index in [0.717, 1.165) is 10.2 Å². The van der Waals surface area contributed by atoms with Gasteiger partial charge in [-0.2, -0.15) is 4.73 Å². The fraction of sp³-hybridized carbons (Fsp3) is 0.350. The number of rotatable bonds is 4. The van der Waals surface area contributed by atoms with E-state index >= 15 is 0 Å². The minimum absolute atomic E-state index is 0.0320. The van der Waals surface area contributed by atoms with E-state index in [2.05, 4.69) is 10.3 Å². The van der Waals surface area contributed by atoms with Crippen LogP contribution < -0.4 is 10.0 Å². The largest absolute Gasteiger partial charge is 0.619 e. The lowest BCUT2D eigenvalue weighted by Gasteiger charge is -2.40.